The maximum Gasteiger partial charge on any atom is 0.528 e. The Balaban J connectivity index is 4.92. The Bertz CT molecular complexity index is 374. The van der Waals surface area contributed by atoms with Crippen molar-refractivity contribution in [3.63, 3.8) is 0 Å². The van der Waals surface area contributed by atoms with E-state index in [1.807, 2.05) is 11.0 Å². The predicted molar refractivity (Wildman–Crippen MR) is 59.7 cm³/mol. The highest BCUT2D eigenvalue weighted by atomic mass is 16.8. The van der Waals surface area contributed by atoms with Crippen molar-refractivity contribution >= 4 is 12.3 Å². The molecule has 14 nitrogen and oxygen atoms in total. The van der Waals surface area contributed by atoms with E-state index in [9.17, 15) is 29.8 Å². The molecular formula is C7H12N4O10. The summed E-state index contributed by atoms with van der Waals surface area (Å²) in [5, 5.41) is 21.7. The Morgan fingerprint density at radius 2 is 1.29 bits per heavy atom. The van der Waals surface area contributed by atoms with Crippen LogP contribution in [0.25, 0.3) is 0 Å². The smallest absolute Gasteiger partial charge is 0.417 e. The first-order valence-electron chi connectivity index (χ1n) is 5.09. The Morgan fingerprint density at radius 3 is 1.52 bits per heavy atom. The van der Waals surface area contributed by atoms with Crippen LogP contribution in [-0.2, 0) is 19.1 Å². The SMILES string of the molecule is CNOC(=O)OCC(COC(=O)ONC)([N+](=O)[O-])[N+](=O)[O-]. The van der Waals surface area contributed by atoms with Crippen molar-refractivity contribution < 1.29 is 38.6 Å². The number of nitrogens with one attached hydrogen (secondary N) is 2. The van der Waals surface area contributed by atoms with E-state index in [4.69, 9.17) is 0 Å². The van der Waals surface area contributed by atoms with Crippen molar-refractivity contribution in [2.75, 3.05) is 27.3 Å². The molecule has 0 aromatic heterocycles. The van der Waals surface area contributed by atoms with E-state index in [-0.39, 0.29) is 0 Å². The van der Waals surface area contributed by atoms with Crippen molar-refractivity contribution in [2.45, 2.75) is 5.66 Å². The fourth-order valence-corrected chi connectivity index (χ4v) is 0.894. The van der Waals surface area contributed by atoms with Crippen LogP contribution in [0.3, 0.4) is 0 Å². The summed E-state index contributed by atoms with van der Waals surface area (Å²) in [5.74, 6) is 0. The topological polar surface area (TPSA) is 181 Å². The summed E-state index contributed by atoms with van der Waals surface area (Å²) in [5.41, 5.74) is 0.705. The lowest BCUT2D eigenvalue weighted by molar-refractivity contribution is -0.799. The molecule has 0 bridgehead atoms. The zero-order chi connectivity index (χ0) is 16.5. The van der Waals surface area contributed by atoms with Crippen molar-refractivity contribution in [1.29, 1.82) is 0 Å². The highest BCUT2D eigenvalue weighted by molar-refractivity contribution is 5.60. The number of nitro groups is 2. The predicted octanol–water partition coefficient (Wildman–Crippen LogP) is -1.19. The van der Waals surface area contributed by atoms with Crippen LogP contribution < -0.4 is 11.0 Å². The molecule has 0 aliphatic rings. The zero-order valence-electron chi connectivity index (χ0n) is 10.9. The molecule has 0 spiro atoms. The number of ether oxygens (including phenoxy) is 2. The van der Waals surface area contributed by atoms with E-state index in [2.05, 4.69) is 19.1 Å². The molecule has 0 atom stereocenters. The van der Waals surface area contributed by atoms with Crippen LogP contribution in [0.4, 0.5) is 9.59 Å². The average Bonchev–Trinajstić information content (AvgIpc) is 2.38. The molecule has 0 fully saturated rings. The Labute approximate surface area is 116 Å². The fourth-order valence-electron chi connectivity index (χ4n) is 0.894. The molecule has 14 heteroatoms. The third kappa shape index (κ3) is 5.41. The van der Waals surface area contributed by atoms with Gasteiger partial charge in [0.2, 0.25) is 13.2 Å². The van der Waals surface area contributed by atoms with Gasteiger partial charge in [-0.15, -0.1) is 0 Å². The lowest BCUT2D eigenvalue weighted by Gasteiger charge is -2.16. The minimum absolute atomic E-state index is 1.19. The highest BCUT2D eigenvalue weighted by Gasteiger charge is 2.59. The quantitative estimate of drug-likeness (QED) is 0.237. The molecule has 0 saturated heterocycles. The van der Waals surface area contributed by atoms with Gasteiger partial charge in [-0.1, -0.05) is 0 Å². The van der Waals surface area contributed by atoms with E-state index in [0.717, 1.165) is 0 Å². The van der Waals surface area contributed by atoms with Crippen LogP contribution >= 0.6 is 0 Å². The van der Waals surface area contributed by atoms with E-state index >= 15 is 0 Å². The zero-order valence-corrected chi connectivity index (χ0v) is 10.9. The fraction of sp³-hybridized carbons (Fsp3) is 0.714. The first-order valence-corrected chi connectivity index (χ1v) is 5.09. The van der Waals surface area contributed by atoms with E-state index < -0.39 is 41.0 Å². The third-order valence-electron chi connectivity index (χ3n) is 1.89. The maximum absolute atomic E-state index is 10.9. The summed E-state index contributed by atoms with van der Waals surface area (Å²) in [6.07, 6.45) is -2.88. The van der Waals surface area contributed by atoms with Gasteiger partial charge in [0.05, 0.1) is 0 Å². The maximum atomic E-state index is 10.9. The van der Waals surface area contributed by atoms with Gasteiger partial charge in [-0.3, -0.25) is 20.2 Å². The van der Waals surface area contributed by atoms with Gasteiger partial charge >= 0.3 is 18.0 Å². The summed E-state index contributed by atoms with van der Waals surface area (Å²) < 4.78 is 8.42. The molecule has 0 aliphatic heterocycles. The van der Waals surface area contributed by atoms with Gasteiger partial charge in [0, 0.05) is 14.1 Å². The minimum atomic E-state index is -3.10. The van der Waals surface area contributed by atoms with Gasteiger partial charge in [0.25, 0.3) is 0 Å². The van der Waals surface area contributed by atoms with Crippen LogP contribution in [0.5, 0.6) is 0 Å². The van der Waals surface area contributed by atoms with Crippen molar-refractivity contribution in [2.24, 2.45) is 0 Å². The van der Waals surface area contributed by atoms with Crippen molar-refractivity contribution in [1.82, 2.24) is 11.0 Å². The second kappa shape index (κ2) is 8.43. The van der Waals surface area contributed by atoms with Crippen molar-refractivity contribution in [3.8, 4) is 0 Å². The molecule has 0 aromatic rings. The molecule has 2 N–H and O–H groups in total. The van der Waals surface area contributed by atoms with Crippen LogP contribution in [0.1, 0.15) is 0 Å². The molecule has 0 unspecified atom stereocenters. The molecule has 0 aliphatic carbocycles. The van der Waals surface area contributed by atoms with Crippen LogP contribution in [0.2, 0.25) is 0 Å². The summed E-state index contributed by atoms with van der Waals surface area (Å²) in [4.78, 5) is 48.9. The lowest BCUT2D eigenvalue weighted by Crippen LogP contribution is -2.55. The van der Waals surface area contributed by atoms with Crippen LogP contribution in [0.15, 0.2) is 0 Å². The molecule has 21 heavy (non-hydrogen) atoms. The summed E-state index contributed by atoms with van der Waals surface area (Å²) in [6, 6.07) is 0. The number of carbonyl (C=O) groups excluding carboxylic acids is 2. The molecule has 0 rings (SSSR count). The first kappa shape index (κ1) is 18.3. The van der Waals surface area contributed by atoms with Crippen LogP contribution in [-0.4, -0.2) is 55.1 Å². The number of hydrogen-bond acceptors (Lipinski definition) is 12. The number of carbonyl (C=O) groups is 2. The van der Waals surface area contributed by atoms with E-state index in [1.165, 1.54) is 14.1 Å². The second-order valence-corrected chi connectivity index (χ2v) is 3.19. The monoisotopic (exact) mass is 312 g/mol. The molecule has 0 radical (unpaired) electrons. The lowest BCUT2D eigenvalue weighted by atomic mass is 10.2. The number of rotatable bonds is 8. The van der Waals surface area contributed by atoms with Gasteiger partial charge in [0.1, 0.15) is 9.85 Å². The molecule has 0 amide bonds. The van der Waals surface area contributed by atoms with E-state index in [1.54, 1.807) is 0 Å². The standard InChI is InChI=1S/C7H12N4O10/c1-8-20-5(12)18-3-7(10(14)15,11(16)17)4-19-6(13)21-9-2/h8-9H,3-4H2,1-2H3. The number of hydrogen-bond donors (Lipinski definition) is 2. The Kier molecular flexibility index (Phi) is 7.33. The second-order valence-electron chi connectivity index (χ2n) is 3.19. The van der Waals surface area contributed by atoms with Gasteiger partial charge < -0.3 is 19.1 Å². The van der Waals surface area contributed by atoms with Gasteiger partial charge in [-0.25, -0.2) is 9.59 Å². The molecule has 0 saturated carbocycles. The summed E-state index contributed by atoms with van der Waals surface area (Å²) in [7, 11) is 2.37. The average molecular weight is 312 g/mol. The summed E-state index contributed by atoms with van der Waals surface area (Å²) in [6.45, 7) is -2.67. The highest BCUT2D eigenvalue weighted by Crippen LogP contribution is 2.14. The number of nitrogens with zero attached hydrogens (tertiary/aromatic N) is 2. The van der Waals surface area contributed by atoms with E-state index in [0.29, 0.717) is 0 Å². The minimum Gasteiger partial charge on any atom is -0.417 e. The first-order chi connectivity index (χ1) is 9.80. The third-order valence-corrected chi connectivity index (χ3v) is 1.89. The molecule has 0 aromatic carbocycles. The molecule has 120 valence electrons. The Hall–Kier alpha value is -2.74. The van der Waals surface area contributed by atoms with Gasteiger partial charge in [0.15, 0.2) is 0 Å². The summed E-state index contributed by atoms with van der Waals surface area (Å²) >= 11 is 0. The normalized spacial score (nSPS) is 10.4. The Morgan fingerprint density at radius 1 is 0.952 bits per heavy atom. The largest absolute Gasteiger partial charge is 0.528 e. The molecule has 0 heterocycles. The van der Waals surface area contributed by atoms with Crippen molar-refractivity contribution in [3.05, 3.63) is 20.2 Å². The molecular weight excluding hydrogens is 300 g/mol. The van der Waals surface area contributed by atoms with Crippen LogP contribution in [0, 0.1) is 20.2 Å². The van der Waals surface area contributed by atoms with Gasteiger partial charge in [-0.2, -0.15) is 11.0 Å². The number of hydroxylamine groups is 2. The van der Waals surface area contributed by atoms with Gasteiger partial charge in [-0.05, 0) is 0 Å².